The summed E-state index contributed by atoms with van der Waals surface area (Å²) in [5.41, 5.74) is 4.26. The van der Waals surface area contributed by atoms with E-state index in [1.807, 2.05) is 24.3 Å². The lowest BCUT2D eigenvalue weighted by Gasteiger charge is -2.29. The molecule has 0 saturated heterocycles. The van der Waals surface area contributed by atoms with E-state index in [1.54, 1.807) is 12.1 Å². The van der Waals surface area contributed by atoms with Gasteiger partial charge in [-0.3, -0.25) is 9.69 Å². The van der Waals surface area contributed by atoms with Gasteiger partial charge in [0.05, 0.1) is 25.2 Å². The molecule has 0 saturated carbocycles. The van der Waals surface area contributed by atoms with Gasteiger partial charge in [-0.2, -0.15) is 18.2 Å². The fourth-order valence-electron chi connectivity index (χ4n) is 6.87. The molecule has 5 aromatic rings. The van der Waals surface area contributed by atoms with Gasteiger partial charge >= 0.3 is 6.18 Å². The van der Waals surface area contributed by atoms with Crippen molar-refractivity contribution < 1.29 is 17.6 Å². The van der Waals surface area contributed by atoms with Crippen LogP contribution in [0.2, 0.25) is 0 Å². The summed E-state index contributed by atoms with van der Waals surface area (Å²) >= 11 is 1.45. The Labute approximate surface area is 318 Å². The molecule has 2 aromatic heterocycles. The van der Waals surface area contributed by atoms with Crippen LogP contribution in [-0.2, 0) is 44.4 Å². The molecule has 13 heteroatoms. The Morgan fingerprint density at radius 3 is 2.06 bits per heavy atom. The van der Waals surface area contributed by atoms with Gasteiger partial charge in [0, 0.05) is 36.1 Å². The Morgan fingerprint density at radius 2 is 1.43 bits per heavy atom. The number of fused-ring (bicyclic) bond motifs is 1. The molecule has 0 bridgehead atoms. The summed E-state index contributed by atoms with van der Waals surface area (Å²) in [6.07, 6.45) is -2.07. The lowest BCUT2D eigenvalue weighted by molar-refractivity contribution is -0.137. The van der Waals surface area contributed by atoms with Crippen LogP contribution in [0.15, 0.2) is 82.7 Å². The van der Waals surface area contributed by atoms with Crippen molar-refractivity contribution in [2.45, 2.75) is 89.7 Å². The summed E-state index contributed by atoms with van der Waals surface area (Å²) in [6.45, 7) is 13.9. The van der Waals surface area contributed by atoms with Crippen LogP contribution in [-0.4, -0.2) is 66.3 Å². The third kappa shape index (κ3) is 9.48. The highest BCUT2D eigenvalue weighted by Gasteiger charge is 2.30. The van der Waals surface area contributed by atoms with Crippen LogP contribution < -0.4 is 5.56 Å². The summed E-state index contributed by atoms with van der Waals surface area (Å²) in [5, 5.41) is 10.1. The second-order valence-electron chi connectivity index (χ2n) is 14.0. The molecule has 0 fully saturated rings. The summed E-state index contributed by atoms with van der Waals surface area (Å²) < 4.78 is 57.4. The van der Waals surface area contributed by atoms with Gasteiger partial charge in [-0.15, -0.1) is 10.2 Å². The Balaban J connectivity index is 1.33. The number of benzene rings is 3. The van der Waals surface area contributed by atoms with Crippen LogP contribution >= 0.6 is 11.8 Å². The van der Waals surface area contributed by atoms with Crippen LogP contribution in [0.1, 0.15) is 73.7 Å². The molecular formula is C41H47F4N7OS. The zero-order chi connectivity index (χ0) is 38.4. The highest BCUT2D eigenvalue weighted by molar-refractivity contribution is 7.98. The third-order valence-corrected chi connectivity index (χ3v) is 11.2. The molecule has 0 unspecified atom stereocenters. The first-order valence-corrected chi connectivity index (χ1v) is 19.6. The van der Waals surface area contributed by atoms with Crippen LogP contribution in [0, 0.1) is 5.82 Å². The van der Waals surface area contributed by atoms with Crippen molar-refractivity contribution in [1.82, 2.24) is 34.1 Å². The van der Waals surface area contributed by atoms with E-state index < -0.39 is 11.7 Å². The molecule has 3 aromatic carbocycles. The second-order valence-corrected chi connectivity index (χ2v) is 14.9. The minimum Gasteiger partial charge on any atom is -0.316 e. The number of hydrogen-bond donors (Lipinski definition) is 0. The topological polar surface area (TPSA) is 72.1 Å². The summed E-state index contributed by atoms with van der Waals surface area (Å²) in [4.78, 5) is 22.5. The van der Waals surface area contributed by atoms with Gasteiger partial charge in [-0.25, -0.2) is 4.39 Å². The maximum atomic E-state index is 13.6. The van der Waals surface area contributed by atoms with Crippen LogP contribution in [0.3, 0.4) is 0 Å². The van der Waals surface area contributed by atoms with E-state index in [1.165, 1.54) is 36.0 Å². The first kappa shape index (κ1) is 39.4. The molecule has 6 rings (SSSR count). The number of aromatic nitrogens is 5. The van der Waals surface area contributed by atoms with E-state index in [0.717, 1.165) is 90.7 Å². The molecule has 1 aliphatic carbocycles. The van der Waals surface area contributed by atoms with Crippen molar-refractivity contribution in [2.75, 3.05) is 26.2 Å². The zero-order valence-electron chi connectivity index (χ0n) is 31.2. The molecule has 0 spiro atoms. The van der Waals surface area contributed by atoms with Crippen molar-refractivity contribution in [2.24, 2.45) is 0 Å². The summed E-state index contributed by atoms with van der Waals surface area (Å²) in [7, 11) is 0. The molecule has 0 aliphatic heterocycles. The predicted molar refractivity (Wildman–Crippen MR) is 205 cm³/mol. The quantitative estimate of drug-likeness (QED) is 0.0572. The second kappa shape index (κ2) is 17.4. The number of likely N-dealkylation sites (N-methyl/N-ethyl adjacent to an activating group) is 1. The lowest BCUT2D eigenvalue weighted by atomic mass is 10.0. The molecule has 0 amide bonds. The first-order chi connectivity index (χ1) is 25.9. The third-order valence-electron chi connectivity index (χ3n) is 10.2. The summed E-state index contributed by atoms with van der Waals surface area (Å²) in [6, 6.07) is 19.6. The molecule has 0 radical (unpaired) electrons. The van der Waals surface area contributed by atoms with Gasteiger partial charge in [-0.1, -0.05) is 74.1 Å². The monoisotopic (exact) mass is 761 g/mol. The minimum absolute atomic E-state index is 0.198. The number of hydrogen-bond acceptors (Lipinski definition) is 7. The number of halogens is 4. The smallest absolute Gasteiger partial charge is 0.316 e. The van der Waals surface area contributed by atoms with Crippen LogP contribution in [0.25, 0.3) is 11.1 Å². The van der Waals surface area contributed by atoms with Gasteiger partial charge in [0.25, 0.3) is 5.56 Å². The molecular weight excluding hydrogens is 715 g/mol. The molecule has 286 valence electrons. The SMILES string of the molecule is CCN(CC)CCN(Cc1nnc(Cn2c(SCc3ccc(F)cc3)nc(=O)c3c2CCC3)n1Cc1ccc(-c2ccc(C(F)(F)F)cc2)cc1)C(C)C. The largest absolute Gasteiger partial charge is 0.416 e. The number of nitrogens with zero attached hydrogens (tertiary/aromatic N) is 7. The molecule has 0 N–H and O–H groups in total. The van der Waals surface area contributed by atoms with Gasteiger partial charge in [0.2, 0.25) is 0 Å². The fraction of sp³-hybridized carbons (Fsp3) is 0.415. The van der Waals surface area contributed by atoms with E-state index >= 15 is 0 Å². The molecule has 1 aliphatic rings. The minimum atomic E-state index is -4.39. The van der Waals surface area contributed by atoms with Crippen molar-refractivity contribution in [3.8, 4) is 11.1 Å². The first-order valence-electron chi connectivity index (χ1n) is 18.6. The van der Waals surface area contributed by atoms with E-state index in [-0.39, 0.29) is 17.4 Å². The van der Waals surface area contributed by atoms with Gasteiger partial charge in [0.1, 0.15) is 11.6 Å². The van der Waals surface area contributed by atoms with Gasteiger partial charge in [-0.05, 0) is 92.7 Å². The Morgan fingerprint density at radius 1 is 0.796 bits per heavy atom. The Kier molecular flexibility index (Phi) is 12.7. The maximum Gasteiger partial charge on any atom is 0.416 e. The number of thioether (sulfide) groups is 1. The number of alkyl halides is 3. The Bertz CT molecular complexity index is 2060. The van der Waals surface area contributed by atoms with Crippen molar-refractivity contribution in [1.29, 1.82) is 0 Å². The van der Waals surface area contributed by atoms with E-state index in [0.29, 0.717) is 42.5 Å². The highest BCUT2D eigenvalue weighted by Crippen LogP contribution is 2.32. The molecule has 2 heterocycles. The molecule has 8 nitrogen and oxygen atoms in total. The highest BCUT2D eigenvalue weighted by atomic mass is 32.2. The fourth-order valence-corrected chi connectivity index (χ4v) is 7.83. The van der Waals surface area contributed by atoms with Crippen LogP contribution in [0.4, 0.5) is 17.6 Å². The van der Waals surface area contributed by atoms with Crippen LogP contribution in [0.5, 0.6) is 0 Å². The number of rotatable bonds is 16. The maximum absolute atomic E-state index is 13.6. The summed E-state index contributed by atoms with van der Waals surface area (Å²) in [5.74, 6) is 1.76. The lowest BCUT2D eigenvalue weighted by Crippen LogP contribution is -2.39. The molecule has 54 heavy (non-hydrogen) atoms. The van der Waals surface area contributed by atoms with Crippen molar-refractivity contribution in [3.05, 3.63) is 129 Å². The Hall–Kier alpha value is -4.33. The van der Waals surface area contributed by atoms with Crippen molar-refractivity contribution in [3.63, 3.8) is 0 Å². The predicted octanol–water partition coefficient (Wildman–Crippen LogP) is 8.09. The zero-order valence-corrected chi connectivity index (χ0v) is 32.1. The van der Waals surface area contributed by atoms with Gasteiger partial charge in [0.15, 0.2) is 11.0 Å². The average molecular weight is 762 g/mol. The standard InChI is InChI=1S/C41H47F4N7OS/c1-5-49(6-2)22-23-50(28(3)4)25-37-47-48-38(52(37)24-29-10-14-31(15-11-29)32-16-18-33(19-17-32)41(43,44)45)26-51-36-9-7-8-35(36)39(53)46-40(51)54-27-30-12-20-34(42)21-13-30/h10-21,28H,5-9,22-27H2,1-4H3. The normalized spacial score (nSPS) is 13.1. The molecule has 0 atom stereocenters. The van der Waals surface area contributed by atoms with E-state index in [2.05, 4.69) is 51.6 Å². The van der Waals surface area contributed by atoms with Gasteiger partial charge < -0.3 is 14.0 Å². The van der Waals surface area contributed by atoms with E-state index in [9.17, 15) is 22.4 Å². The van der Waals surface area contributed by atoms with E-state index in [4.69, 9.17) is 10.2 Å². The average Bonchev–Trinajstić information content (AvgIpc) is 3.80. The van der Waals surface area contributed by atoms with Crippen molar-refractivity contribution >= 4 is 11.8 Å².